The van der Waals surface area contributed by atoms with E-state index in [0.717, 1.165) is 18.7 Å². The molecule has 2 aromatic rings. The van der Waals surface area contributed by atoms with E-state index >= 15 is 0 Å². The van der Waals surface area contributed by atoms with Gasteiger partial charge in [0.05, 0.1) is 4.47 Å². The molecular formula is C16H16BrFN2O. The molecule has 110 valence electrons. The molecule has 3 nitrogen and oxygen atoms in total. The van der Waals surface area contributed by atoms with Crippen molar-refractivity contribution in [2.24, 2.45) is 0 Å². The first kappa shape index (κ1) is 15.7. The predicted octanol–water partition coefficient (Wildman–Crippen LogP) is 3.95. The molecule has 0 saturated carbocycles. The highest BCUT2D eigenvalue weighted by Crippen LogP contribution is 2.18. The van der Waals surface area contributed by atoms with Crippen LogP contribution >= 0.6 is 15.9 Å². The summed E-state index contributed by atoms with van der Waals surface area (Å²) in [5.41, 5.74) is 2.06. The number of nitrogens with one attached hydrogen (secondary N) is 2. The molecule has 21 heavy (non-hydrogen) atoms. The van der Waals surface area contributed by atoms with Crippen LogP contribution in [0.15, 0.2) is 46.9 Å². The van der Waals surface area contributed by atoms with Gasteiger partial charge in [-0.25, -0.2) is 4.39 Å². The zero-order valence-corrected chi connectivity index (χ0v) is 13.2. The van der Waals surface area contributed by atoms with Crippen LogP contribution in [0.3, 0.4) is 0 Å². The number of carbonyl (C=O) groups excluding carboxylic acids is 1. The third-order valence-electron chi connectivity index (χ3n) is 2.95. The topological polar surface area (TPSA) is 41.1 Å². The summed E-state index contributed by atoms with van der Waals surface area (Å²) in [5, 5.41) is 6.00. The maximum atomic E-state index is 13.4. The van der Waals surface area contributed by atoms with E-state index < -0.39 is 5.82 Å². The van der Waals surface area contributed by atoms with Gasteiger partial charge in [0, 0.05) is 17.8 Å². The minimum Gasteiger partial charge on any atom is -0.322 e. The van der Waals surface area contributed by atoms with Crippen LogP contribution in [0.5, 0.6) is 0 Å². The van der Waals surface area contributed by atoms with Gasteiger partial charge in [-0.15, -0.1) is 0 Å². The lowest BCUT2D eigenvalue weighted by Crippen LogP contribution is -2.14. The lowest BCUT2D eigenvalue weighted by molar-refractivity contribution is 0.102. The zero-order chi connectivity index (χ0) is 15.2. The number of hydrogen-bond acceptors (Lipinski definition) is 2. The van der Waals surface area contributed by atoms with Gasteiger partial charge in [-0.2, -0.15) is 0 Å². The fraction of sp³-hybridized carbons (Fsp3) is 0.188. The Bertz CT molecular complexity index is 646. The maximum absolute atomic E-state index is 13.4. The van der Waals surface area contributed by atoms with Gasteiger partial charge in [-0.05, 0) is 58.4 Å². The number of benzene rings is 2. The van der Waals surface area contributed by atoms with Crippen molar-refractivity contribution in [1.82, 2.24) is 5.32 Å². The number of carbonyl (C=O) groups is 1. The molecule has 0 aromatic heterocycles. The van der Waals surface area contributed by atoms with E-state index in [1.54, 1.807) is 6.07 Å². The molecule has 5 heteroatoms. The number of anilines is 1. The molecule has 2 N–H and O–H groups in total. The SMILES string of the molecule is CCNCc1cccc(NC(=O)c2ccc(Br)c(F)c2)c1. The van der Waals surface area contributed by atoms with Crippen LogP contribution in [0, 0.1) is 5.82 Å². The first-order chi connectivity index (χ1) is 10.1. The molecule has 0 aliphatic heterocycles. The molecule has 0 bridgehead atoms. The quantitative estimate of drug-likeness (QED) is 0.857. The molecule has 0 aliphatic carbocycles. The molecular weight excluding hydrogens is 335 g/mol. The lowest BCUT2D eigenvalue weighted by Gasteiger charge is -2.08. The number of halogens is 2. The van der Waals surface area contributed by atoms with E-state index in [4.69, 9.17) is 0 Å². The monoisotopic (exact) mass is 350 g/mol. The summed E-state index contributed by atoms with van der Waals surface area (Å²) in [4.78, 5) is 12.1. The highest BCUT2D eigenvalue weighted by molar-refractivity contribution is 9.10. The lowest BCUT2D eigenvalue weighted by atomic mass is 10.1. The Kier molecular flexibility index (Phi) is 5.47. The Morgan fingerprint density at radius 2 is 2.05 bits per heavy atom. The Morgan fingerprint density at radius 3 is 2.76 bits per heavy atom. The van der Waals surface area contributed by atoms with E-state index in [9.17, 15) is 9.18 Å². The Hall–Kier alpha value is -1.72. The minimum absolute atomic E-state index is 0.285. The summed E-state index contributed by atoms with van der Waals surface area (Å²) >= 11 is 3.07. The van der Waals surface area contributed by atoms with Gasteiger partial charge in [0.15, 0.2) is 0 Å². The predicted molar refractivity (Wildman–Crippen MR) is 85.9 cm³/mol. The first-order valence-corrected chi connectivity index (χ1v) is 7.45. The Balaban J connectivity index is 2.10. The van der Waals surface area contributed by atoms with Crippen molar-refractivity contribution < 1.29 is 9.18 Å². The van der Waals surface area contributed by atoms with Crippen molar-refractivity contribution in [3.05, 3.63) is 63.9 Å². The average molecular weight is 351 g/mol. The van der Waals surface area contributed by atoms with Crippen LogP contribution in [-0.2, 0) is 6.54 Å². The summed E-state index contributed by atoms with van der Waals surface area (Å²) in [7, 11) is 0. The second kappa shape index (κ2) is 7.33. The van der Waals surface area contributed by atoms with E-state index in [2.05, 4.69) is 26.6 Å². The third-order valence-corrected chi connectivity index (χ3v) is 3.59. The largest absolute Gasteiger partial charge is 0.322 e. The molecule has 2 rings (SSSR count). The van der Waals surface area contributed by atoms with Crippen molar-refractivity contribution >= 4 is 27.5 Å². The Morgan fingerprint density at radius 1 is 1.24 bits per heavy atom. The van der Waals surface area contributed by atoms with Gasteiger partial charge in [0.25, 0.3) is 5.91 Å². The van der Waals surface area contributed by atoms with Crippen molar-refractivity contribution in [2.45, 2.75) is 13.5 Å². The highest BCUT2D eigenvalue weighted by Gasteiger charge is 2.09. The van der Waals surface area contributed by atoms with Crippen molar-refractivity contribution in [3.63, 3.8) is 0 Å². The summed E-state index contributed by atoms with van der Waals surface area (Å²) in [5.74, 6) is -0.787. The molecule has 0 heterocycles. The van der Waals surface area contributed by atoms with Gasteiger partial charge >= 0.3 is 0 Å². The standard InChI is InChI=1S/C16H16BrFN2O/c1-2-19-10-11-4-3-5-13(8-11)20-16(21)12-6-7-14(17)15(18)9-12/h3-9,19H,2,10H2,1H3,(H,20,21). The minimum atomic E-state index is -0.455. The van der Waals surface area contributed by atoms with E-state index in [1.807, 2.05) is 31.2 Å². The van der Waals surface area contributed by atoms with Crippen LogP contribution in [0.2, 0.25) is 0 Å². The van der Waals surface area contributed by atoms with Crippen LogP contribution in [0.4, 0.5) is 10.1 Å². The fourth-order valence-electron chi connectivity index (χ4n) is 1.87. The number of amides is 1. The second-order valence-electron chi connectivity index (χ2n) is 4.56. The molecule has 2 aromatic carbocycles. The normalized spacial score (nSPS) is 10.4. The van der Waals surface area contributed by atoms with E-state index in [0.29, 0.717) is 10.2 Å². The highest BCUT2D eigenvalue weighted by atomic mass is 79.9. The van der Waals surface area contributed by atoms with Crippen molar-refractivity contribution in [2.75, 3.05) is 11.9 Å². The second-order valence-corrected chi connectivity index (χ2v) is 5.42. The molecule has 0 saturated heterocycles. The molecule has 0 aliphatic rings. The summed E-state index contributed by atoms with van der Waals surface area (Å²) in [6.07, 6.45) is 0. The maximum Gasteiger partial charge on any atom is 0.255 e. The van der Waals surface area contributed by atoms with Gasteiger partial charge in [0.2, 0.25) is 0 Å². The van der Waals surface area contributed by atoms with Crippen LogP contribution in [-0.4, -0.2) is 12.5 Å². The molecule has 0 atom stereocenters. The van der Waals surface area contributed by atoms with Gasteiger partial charge < -0.3 is 10.6 Å². The molecule has 0 spiro atoms. The van der Waals surface area contributed by atoms with E-state index in [1.165, 1.54) is 12.1 Å². The van der Waals surface area contributed by atoms with Crippen LogP contribution < -0.4 is 10.6 Å². The first-order valence-electron chi connectivity index (χ1n) is 6.66. The van der Waals surface area contributed by atoms with Gasteiger partial charge in [-0.1, -0.05) is 19.1 Å². The smallest absolute Gasteiger partial charge is 0.255 e. The van der Waals surface area contributed by atoms with Crippen LogP contribution in [0.25, 0.3) is 0 Å². The summed E-state index contributed by atoms with van der Waals surface area (Å²) < 4.78 is 13.8. The average Bonchev–Trinajstić information content (AvgIpc) is 2.48. The molecule has 1 amide bonds. The number of rotatable bonds is 5. The Labute approximate surface area is 131 Å². The van der Waals surface area contributed by atoms with Crippen LogP contribution in [0.1, 0.15) is 22.8 Å². The van der Waals surface area contributed by atoms with Gasteiger partial charge in [-0.3, -0.25) is 4.79 Å². The van der Waals surface area contributed by atoms with Crippen molar-refractivity contribution in [1.29, 1.82) is 0 Å². The van der Waals surface area contributed by atoms with Gasteiger partial charge in [0.1, 0.15) is 5.82 Å². The molecule has 0 unspecified atom stereocenters. The molecule has 0 radical (unpaired) electrons. The molecule has 0 fully saturated rings. The van der Waals surface area contributed by atoms with E-state index in [-0.39, 0.29) is 11.5 Å². The van der Waals surface area contributed by atoms with Crippen molar-refractivity contribution in [3.8, 4) is 0 Å². The fourth-order valence-corrected chi connectivity index (χ4v) is 2.12. The number of hydrogen-bond donors (Lipinski definition) is 2. The summed E-state index contributed by atoms with van der Waals surface area (Å²) in [6, 6.07) is 11.9. The third kappa shape index (κ3) is 4.37. The zero-order valence-electron chi connectivity index (χ0n) is 11.6. The summed E-state index contributed by atoms with van der Waals surface area (Å²) in [6.45, 7) is 3.66.